The summed E-state index contributed by atoms with van der Waals surface area (Å²) in [6.45, 7) is 14.6. The van der Waals surface area contributed by atoms with E-state index in [2.05, 4.69) is 37.9 Å². The van der Waals surface area contributed by atoms with Crippen LogP contribution in [0.3, 0.4) is 0 Å². The van der Waals surface area contributed by atoms with Crippen molar-refractivity contribution < 1.29 is 4.74 Å². The highest BCUT2D eigenvalue weighted by Gasteiger charge is 2.37. The summed E-state index contributed by atoms with van der Waals surface area (Å²) in [6.07, 6.45) is 5.28. The molecular weight excluding hydrogens is 236 g/mol. The van der Waals surface area contributed by atoms with E-state index in [0.29, 0.717) is 5.41 Å². The number of hydrogen-bond donors (Lipinski definition) is 1. The molecule has 2 aliphatic rings. The van der Waals surface area contributed by atoms with Gasteiger partial charge in [-0.1, -0.05) is 13.8 Å². The van der Waals surface area contributed by atoms with Gasteiger partial charge in [-0.3, -0.25) is 4.90 Å². The summed E-state index contributed by atoms with van der Waals surface area (Å²) in [5.41, 5.74) is 0.616. The Morgan fingerprint density at radius 3 is 2.47 bits per heavy atom. The maximum atomic E-state index is 5.65. The SMILES string of the molecule is CCC(CC)(CNC1CC1)CN1CCOCC1(C)C. The predicted octanol–water partition coefficient (Wildman–Crippen LogP) is 2.66. The molecule has 0 radical (unpaired) electrons. The van der Waals surface area contributed by atoms with Crippen molar-refractivity contribution in [2.45, 2.75) is 65.0 Å². The van der Waals surface area contributed by atoms with Gasteiger partial charge in [0.15, 0.2) is 0 Å². The first-order valence-electron chi connectivity index (χ1n) is 8.07. The number of nitrogens with zero attached hydrogens (tertiary/aromatic N) is 1. The third kappa shape index (κ3) is 3.93. The monoisotopic (exact) mass is 268 g/mol. The lowest BCUT2D eigenvalue weighted by Gasteiger charge is -2.47. The second-order valence-electron chi connectivity index (χ2n) is 7.15. The predicted molar refractivity (Wildman–Crippen MR) is 80.5 cm³/mol. The first kappa shape index (κ1) is 15.3. The standard InChI is InChI=1S/C16H32N2O/c1-5-16(6-2,11-17-14-7-8-14)12-18-9-10-19-13-15(18,3)4/h14,17H,5-13H2,1-4H3. The van der Waals surface area contributed by atoms with Gasteiger partial charge >= 0.3 is 0 Å². The lowest BCUT2D eigenvalue weighted by atomic mass is 9.80. The Kier molecular flexibility index (Phi) is 4.91. The van der Waals surface area contributed by atoms with Gasteiger partial charge in [0, 0.05) is 31.2 Å². The second-order valence-corrected chi connectivity index (χ2v) is 7.15. The molecule has 3 heteroatoms. The molecule has 2 fully saturated rings. The first-order valence-corrected chi connectivity index (χ1v) is 8.07. The smallest absolute Gasteiger partial charge is 0.0645 e. The van der Waals surface area contributed by atoms with Crippen LogP contribution in [0.1, 0.15) is 53.4 Å². The fourth-order valence-electron chi connectivity index (χ4n) is 3.02. The van der Waals surface area contributed by atoms with Gasteiger partial charge in [-0.15, -0.1) is 0 Å². The Labute approximate surface area is 119 Å². The topological polar surface area (TPSA) is 24.5 Å². The Bertz CT molecular complexity index is 282. The summed E-state index contributed by atoms with van der Waals surface area (Å²) in [5.74, 6) is 0. The number of hydrogen-bond acceptors (Lipinski definition) is 3. The van der Waals surface area contributed by atoms with Crippen LogP contribution in [-0.4, -0.2) is 49.3 Å². The summed E-state index contributed by atoms with van der Waals surface area (Å²) in [7, 11) is 0. The van der Waals surface area contributed by atoms with E-state index in [0.717, 1.165) is 25.8 Å². The molecule has 0 bridgehead atoms. The van der Waals surface area contributed by atoms with Crippen LogP contribution in [0.2, 0.25) is 0 Å². The minimum atomic E-state index is 0.188. The van der Waals surface area contributed by atoms with E-state index in [4.69, 9.17) is 4.74 Å². The van der Waals surface area contributed by atoms with Crippen LogP contribution in [-0.2, 0) is 4.74 Å². The zero-order valence-electron chi connectivity index (χ0n) is 13.3. The molecule has 0 aromatic rings. The lowest BCUT2D eigenvalue weighted by molar-refractivity contribution is -0.0693. The first-order chi connectivity index (χ1) is 9.01. The van der Waals surface area contributed by atoms with Gasteiger partial charge < -0.3 is 10.1 Å². The molecule has 1 saturated heterocycles. The fraction of sp³-hybridized carbons (Fsp3) is 1.00. The highest BCUT2D eigenvalue weighted by atomic mass is 16.5. The molecule has 1 aliphatic carbocycles. The van der Waals surface area contributed by atoms with Crippen LogP contribution >= 0.6 is 0 Å². The maximum absolute atomic E-state index is 5.65. The lowest BCUT2D eigenvalue weighted by Crippen LogP contribution is -2.57. The van der Waals surface area contributed by atoms with Crippen molar-refractivity contribution in [3.8, 4) is 0 Å². The minimum absolute atomic E-state index is 0.188. The van der Waals surface area contributed by atoms with Crippen molar-refractivity contribution in [2.24, 2.45) is 5.41 Å². The fourth-order valence-corrected chi connectivity index (χ4v) is 3.02. The van der Waals surface area contributed by atoms with Crippen LogP contribution in [0, 0.1) is 5.41 Å². The quantitative estimate of drug-likeness (QED) is 0.768. The Hall–Kier alpha value is -0.120. The van der Waals surface area contributed by atoms with Crippen molar-refractivity contribution in [1.82, 2.24) is 10.2 Å². The van der Waals surface area contributed by atoms with Gasteiger partial charge in [0.1, 0.15) is 0 Å². The van der Waals surface area contributed by atoms with Crippen molar-refractivity contribution in [3.63, 3.8) is 0 Å². The van der Waals surface area contributed by atoms with Gasteiger partial charge in [-0.2, -0.15) is 0 Å². The van der Waals surface area contributed by atoms with Gasteiger partial charge in [-0.25, -0.2) is 0 Å². The number of morpholine rings is 1. The molecule has 0 atom stereocenters. The van der Waals surface area contributed by atoms with E-state index in [1.165, 1.54) is 38.8 Å². The van der Waals surface area contributed by atoms with E-state index in [1.807, 2.05) is 0 Å². The molecule has 0 amide bonds. The number of nitrogens with one attached hydrogen (secondary N) is 1. The summed E-state index contributed by atoms with van der Waals surface area (Å²) in [5, 5.41) is 3.76. The summed E-state index contributed by atoms with van der Waals surface area (Å²) < 4.78 is 5.65. The number of rotatable bonds is 7. The summed E-state index contributed by atoms with van der Waals surface area (Å²) in [6, 6.07) is 0.815. The molecule has 19 heavy (non-hydrogen) atoms. The molecule has 0 spiro atoms. The van der Waals surface area contributed by atoms with Crippen molar-refractivity contribution in [3.05, 3.63) is 0 Å². The molecule has 2 rings (SSSR count). The van der Waals surface area contributed by atoms with Crippen LogP contribution in [0.5, 0.6) is 0 Å². The minimum Gasteiger partial charge on any atom is -0.378 e. The maximum Gasteiger partial charge on any atom is 0.0645 e. The molecule has 1 N–H and O–H groups in total. The molecule has 1 saturated carbocycles. The molecule has 1 aliphatic heterocycles. The average molecular weight is 268 g/mol. The van der Waals surface area contributed by atoms with E-state index < -0.39 is 0 Å². The van der Waals surface area contributed by atoms with E-state index in [9.17, 15) is 0 Å². The van der Waals surface area contributed by atoms with E-state index in [1.54, 1.807) is 0 Å². The van der Waals surface area contributed by atoms with Crippen LogP contribution in [0.4, 0.5) is 0 Å². The number of ether oxygens (including phenoxy) is 1. The highest BCUT2D eigenvalue weighted by Crippen LogP contribution is 2.32. The zero-order valence-corrected chi connectivity index (χ0v) is 13.3. The Morgan fingerprint density at radius 1 is 1.26 bits per heavy atom. The van der Waals surface area contributed by atoms with Crippen molar-refractivity contribution in [1.29, 1.82) is 0 Å². The van der Waals surface area contributed by atoms with Gasteiger partial charge in [0.25, 0.3) is 0 Å². The third-order valence-corrected chi connectivity index (χ3v) is 5.19. The van der Waals surface area contributed by atoms with Crippen molar-refractivity contribution >= 4 is 0 Å². The molecule has 0 aromatic heterocycles. The third-order valence-electron chi connectivity index (χ3n) is 5.19. The molecular formula is C16H32N2O. The Balaban J connectivity index is 1.96. The molecule has 112 valence electrons. The van der Waals surface area contributed by atoms with Gasteiger partial charge in [0.05, 0.1) is 13.2 Å². The van der Waals surface area contributed by atoms with Crippen LogP contribution in [0.15, 0.2) is 0 Å². The Morgan fingerprint density at radius 2 is 1.95 bits per heavy atom. The van der Waals surface area contributed by atoms with Gasteiger partial charge in [0.2, 0.25) is 0 Å². The van der Waals surface area contributed by atoms with E-state index >= 15 is 0 Å². The molecule has 0 aromatic carbocycles. The average Bonchev–Trinajstić information content (AvgIpc) is 3.21. The summed E-state index contributed by atoms with van der Waals surface area (Å²) >= 11 is 0. The molecule has 0 unspecified atom stereocenters. The second kappa shape index (κ2) is 6.11. The summed E-state index contributed by atoms with van der Waals surface area (Å²) in [4.78, 5) is 2.65. The molecule has 3 nitrogen and oxygen atoms in total. The largest absolute Gasteiger partial charge is 0.378 e. The van der Waals surface area contributed by atoms with Crippen LogP contribution < -0.4 is 5.32 Å². The molecule has 1 heterocycles. The normalized spacial score (nSPS) is 24.6. The van der Waals surface area contributed by atoms with Gasteiger partial charge in [-0.05, 0) is 44.9 Å². The zero-order chi connectivity index (χ0) is 13.9. The van der Waals surface area contributed by atoms with Crippen molar-refractivity contribution in [2.75, 3.05) is 32.8 Å². The van der Waals surface area contributed by atoms with Crippen LogP contribution in [0.25, 0.3) is 0 Å². The van der Waals surface area contributed by atoms with E-state index in [-0.39, 0.29) is 5.54 Å². The highest BCUT2D eigenvalue weighted by molar-refractivity contribution is 4.93.